The molecule has 0 aliphatic carbocycles. The molecule has 134 valence electrons. The van der Waals surface area contributed by atoms with Crippen LogP contribution < -0.4 is 30.6 Å². The third-order valence-corrected chi connectivity index (χ3v) is 5.99. The van der Waals surface area contributed by atoms with Crippen molar-refractivity contribution in [3.8, 4) is 23.0 Å². The molecule has 0 fully saturated rings. The second-order valence-corrected chi connectivity index (χ2v) is 7.71. The molecule has 3 aromatic carbocycles. The molecule has 0 atom stereocenters. The first-order valence-electron chi connectivity index (χ1n) is 9.23. The van der Waals surface area contributed by atoms with Gasteiger partial charge < -0.3 is 14.2 Å². The average Bonchev–Trinajstić information content (AvgIpc) is 2.70. The van der Waals surface area contributed by atoms with E-state index in [1.54, 1.807) is 14.2 Å². The minimum atomic E-state index is -0.177. The quantitative estimate of drug-likeness (QED) is 0.517. The summed E-state index contributed by atoms with van der Waals surface area (Å²) in [5.74, 6) is 3.55. The number of methoxy groups -OCH3 is 2. The summed E-state index contributed by atoms with van der Waals surface area (Å²) in [6.45, 7) is 4.64. The lowest BCUT2D eigenvalue weighted by Gasteiger charge is -2.42. The van der Waals surface area contributed by atoms with Crippen LogP contribution in [0.4, 0.5) is 0 Å². The topological polar surface area (TPSA) is 27.7 Å². The van der Waals surface area contributed by atoms with Crippen molar-refractivity contribution in [1.29, 1.82) is 0 Å². The molecular weight excluding hydrogens is 335 g/mol. The molecule has 4 heteroatoms. The Hall–Kier alpha value is -2.88. The van der Waals surface area contributed by atoms with Crippen LogP contribution in [0.5, 0.6) is 23.0 Å². The van der Waals surface area contributed by atoms with Crippen LogP contribution in [-0.2, 0) is 5.41 Å². The van der Waals surface area contributed by atoms with Crippen LogP contribution in [0.3, 0.4) is 0 Å². The van der Waals surface area contributed by atoms with Gasteiger partial charge in [0.05, 0.1) is 14.2 Å². The van der Waals surface area contributed by atoms with E-state index in [0.717, 1.165) is 28.5 Å². The van der Waals surface area contributed by atoms with Crippen LogP contribution in [0.1, 0.15) is 25.0 Å². The number of hydrogen-bond donors (Lipinski definition) is 0. The highest BCUT2D eigenvalue weighted by Gasteiger charge is 2.46. The van der Waals surface area contributed by atoms with Gasteiger partial charge in [-0.3, -0.25) is 0 Å². The van der Waals surface area contributed by atoms with Gasteiger partial charge in [-0.05, 0) is 46.8 Å². The monoisotopic (exact) mass is 356 g/mol. The van der Waals surface area contributed by atoms with Gasteiger partial charge in [0.2, 0.25) is 0 Å². The lowest BCUT2D eigenvalue weighted by atomic mass is 9.30. The minimum absolute atomic E-state index is 0.105. The number of benzene rings is 3. The zero-order valence-corrected chi connectivity index (χ0v) is 16.0. The van der Waals surface area contributed by atoms with Gasteiger partial charge in [0.15, 0.2) is 0 Å². The Morgan fingerprint density at radius 1 is 0.852 bits per heavy atom. The second kappa shape index (κ2) is 5.56. The summed E-state index contributed by atoms with van der Waals surface area (Å²) in [6, 6.07) is 18.8. The maximum atomic E-state index is 6.32. The van der Waals surface area contributed by atoms with Crippen LogP contribution in [0.15, 0.2) is 54.6 Å². The normalized spacial score (nSPS) is 15.2. The van der Waals surface area contributed by atoms with Gasteiger partial charge in [-0.1, -0.05) is 43.6 Å². The van der Waals surface area contributed by atoms with Gasteiger partial charge in [-0.2, -0.15) is 0 Å². The van der Waals surface area contributed by atoms with Crippen molar-refractivity contribution in [2.45, 2.75) is 19.3 Å². The van der Waals surface area contributed by atoms with E-state index in [1.165, 1.54) is 22.1 Å². The Kier molecular flexibility index (Phi) is 3.36. The summed E-state index contributed by atoms with van der Waals surface area (Å²) < 4.78 is 17.6. The molecule has 0 aromatic heterocycles. The number of fused-ring (bicyclic) bond motifs is 4. The maximum Gasteiger partial charge on any atom is 0.252 e. The molecule has 0 spiro atoms. The molecule has 27 heavy (non-hydrogen) atoms. The summed E-state index contributed by atoms with van der Waals surface area (Å²) >= 11 is 0. The molecule has 5 rings (SSSR count). The molecule has 0 N–H and O–H groups in total. The fourth-order valence-electron chi connectivity index (χ4n) is 4.79. The molecule has 3 nitrogen and oxygen atoms in total. The molecule has 0 saturated carbocycles. The third-order valence-electron chi connectivity index (χ3n) is 5.99. The second-order valence-electron chi connectivity index (χ2n) is 7.71. The molecular formula is C23H21BO3. The summed E-state index contributed by atoms with van der Waals surface area (Å²) in [6.07, 6.45) is 0. The molecule has 2 heterocycles. The SMILES string of the molecule is COc1ccc2c(c1)B1c3ccccc3C(C)(C)c3c(OC)ccc(c31)O2. The largest absolute Gasteiger partial charge is 0.497 e. The summed E-state index contributed by atoms with van der Waals surface area (Å²) in [5.41, 5.74) is 6.03. The number of rotatable bonds is 2. The molecule has 2 aliphatic heterocycles. The van der Waals surface area contributed by atoms with Crippen LogP contribution in [-0.4, -0.2) is 20.9 Å². The Balaban J connectivity index is 1.90. The molecule has 3 aromatic rings. The Bertz CT molecular complexity index is 1070. The van der Waals surface area contributed by atoms with E-state index in [0.29, 0.717) is 0 Å². The van der Waals surface area contributed by atoms with E-state index in [9.17, 15) is 0 Å². The smallest absolute Gasteiger partial charge is 0.252 e. The summed E-state index contributed by atoms with van der Waals surface area (Å²) in [4.78, 5) is 0. The first kappa shape index (κ1) is 16.3. The van der Waals surface area contributed by atoms with E-state index in [4.69, 9.17) is 14.2 Å². The Labute approximate surface area is 160 Å². The minimum Gasteiger partial charge on any atom is -0.497 e. The van der Waals surface area contributed by atoms with Crippen molar-refractivity contribution in [1.82, 2.24) is 0 Å². The zero-order valence-electron chi connectivity index (χ0n) is 16.0. The maximum absolute atomic E-state index is 6.32. The Morgan fingerprint density at radius 3 is 2.41 bits per heavy atom. The van der Waals surface area contributed by atoms with E-state index in [-0.39, 0.29) is 12.1 Å². The van der Waals surface area contributed by atoms with Crippen LogP contribution in [0, 0.1) is 0 Å². The van der Waals surface area contributed by atoms with Crippen molar-refractivity contribution in [2.75, 3.05) is 14.2 Å². The highest BCUT2D eigenvalue weighted by Crippen LogP contribution is 2.42. The van der Waals surface area contributed by atoms with Crippen molar-refractivity contribution in [2.24, 2.45) is 0 Å². The van der Waals surface area contributed by atoms with Gasteiger partial charge in [0.25, 0.3) is 6.71 Å². The molecule has 0 unspecified atom stereocenters. The van der Waals surface area contributed by atoms with Gasteiger partial charge in [-0.25, -0.2) is 0 Å². The third kappa shape index (κ3) is 2.10. The van der Waals surface area contributed by atoms with Crippen LogP contribution in [0.2, 0.25) is 0 Å². The zero-order chi connectivity index (χ0) is 18.8. The van der Waals surface area contributed by atoms with Gasteiger partial charge >= 0.3 is 0 Å². The predicted molar refractivity (Wildman–Crippen MR) is 109 cm³/mol. The van der Waals surface area contributed by atoms with Crippen LogP contribution >= 0.6 is 0 Å². The van der Waals surface area contributed by atoms with E-state index in [1.807, 2.05) is 24.3 Å². The highest BCUT2D eigenvalue weighted by atomic mass is 16.5. The standard InChI is InChI=1S/C23H21BO3/c1-23(2)15-7-5-6-8-16(15)24-17-13-14(25-3)9-10-18(17)27-20-12-11-19(26-4)21(23)22(20)24/h5-13H,1-4H3. The summed E-state index contributed by atoms with van der Waals surface area (Å²) in [5, 5.41) is 0. The average molecular weight is 356 g/mol. The van der Waals surface area contributed by atoms with Gasteiger partial charge in [-0.15, -0.1) is 0 Å². The highest BCUT2D eigenvalue weighted by molar-refractivity contribution is 6.98. The van der Waals surface area contributed by atoms with Gasteiger partial charge in [0.1, 0.15) is 23.0 Å². The lowest BCUT2D eigenvalue weighted by molar-refractivity contribution is 0.399. The molecule has 0 radical (unpaired) electrons. The van der Waals surface area contributed by atoms with Crippen LogP contribution in [0.25, 0.3) is 0 Å². The van der Waals surface area contributed by atoms with E-state index in [2.05, 4.69) is 44.2 Å². The summed E-state index contributed by atoms with van der Waals surface area (Å²) in [7, 11) is 3.44. The van der Waals surface area contributed by atoms with E-state index >= 15 is 0 Å². The van der Waals surface area contributed by atoms with Crippen molar-refractivity contribution in [3.63, 3.8) is 0 Å². The fourth-order valence-corrected chi connectivity index (χ4v) is 4.79. The van der Waals surface area contributed by atoms with Crippen molar-refractivity contribution < 1.29 is 14.2 Å². The fraction of sp³-hybridized carbons (Fsp3) is 0.217. The molecule has 2 aliphatic rings. The number of ether oxygens (including phenoxy) is 3. The van der Waals surface area contributed by atoms with E-state index < -0.39 is 0 Å². The number of hydrogen-bond acceptors (Lipinski definition) is 3. The first-order chi connectivity index (χ1) is 13.1. The Morgan fingerprint density at radius 2 is 1.63 bits per heavy atom. The van der Waals surface area contributed by atoms with Crippen molar-refractivity contribution in [3.05, 3.63) is 65.7 Å². The lowest BCUT2D eigenvalue weighted by Crippen LogP contribution is -2.62. The first-order valence-corrected chi connectivity index (χ1v) is 9.23. The molecule has 0 saturated heterocycles. The molecule has 0 bridgehead atoms. The van der Waals surface area contributed by atoms with Crippen molar-refractivity contribution >= 4 is 23.1 Å². The van der Waals surface area contributed by atoms with Gasteiger partial charge in [0, 0.05) is 11.0 Å². The predicted octanol–water partition coefficient (Wildman–Crippen LogP) is 2.97. The molecule has 0 amide bonds.